The normalized spacial score (nSPS) is 10.7. The van der Waals surface area contributed by atoms with Gasteiger partial charge >= 0.3 is 0 Å². The van der Waals surface area contributed by atoms with E-state index >= 15 is 0 Å². The van der Waals surface area contributed by atoms with Gasteiger partial charge in [-0.2, -0.15) is 0 Å². The minimum Gasteiger partial charge on any atom is -0.497 e. The van der Waals surface area contributed by atoms with Crippen molar-refractivity contribution in [1.82, 2.24) is 9.71 Å². The second-order valence-corrected chi connectivity index (χ2v) is 9.87. The Morgan fingerprint density at radius 1 is 1.09 bits per heavy atom. The van der Waals surface area contributed by atoms with Crippen LogP contribution in [0.2, 0.25) is 0 Å². The predicted octanol–water partition coefficient (Wildman–Crippen LogP) is 4.90. The van der Waals surface area contributed by atoms with Crippen LogP contribution >= 0.6 is 23.3 Å². The Labute approximate surface area is 203 Å². The molecule has 0 spiro atoms. The average Bonchev–Trinajstić information content (AvgIpc) is 3.33. The maximum Gasteiger partial charge on any atom is 0.260 e. The number of aromatic nitrogens is 1. The zero-order chi connectivity index (χ0) is 24.3. The van der Waals surface area contributed by atoms with Crippen molar-refractivity contribution in [3.63, 3.8) is 0 Å². The number of nitrogens with zero attached hydrogens (tertiary/aromatic N) is 1. The molecule has 0 unspecified atom stereocenters. The molecule has 7 nitrogen and oxygen atoms in total. The van der Waals surface area contributed by atoms with Crippen LogP contribution < -0.4 is 20.5 Å². The first-order valence-electron chi connectivity index (χ1n) is 10.3. The second kappa shape index (κ2) is 13.0. The topological polar surface area (TPSA) is 106 Å². The van der Waals surface area contributed by atoms with Gasteiger partial charge in [-0.25, -0.2) is 0 Å². The molecule has 0 aliphatic carbocycles. The number of thiazole rings is 1. The molecule has 1 heterocycles. The summed E-state index contributed by atoms with van der Waals surface area (Å²) in [6.45, 7) is 6.37. The number of benzene rings is 2. The highest BCUT2D eigenvalue weighted by Gasteiger charge is 2.09. The molecule has 176 valence electrons. The number of carbonyl (C=O) groups excluding carboxylic acids is 2. The summed E-state index contributed by atoms with van der Waals surface area (Å²) in [4.78, 5) is 27.6. The molecule has 33 heavy (non-hydrogen) atoms. The van der Waals surface area contributed by atoms with E-state index in [0.29, 0.717) is 17.7 Å². The lowest BCUT2D eigenvalue weighted by molar-refractivity contribution is -0.116. The van der Waals surface area contributed by atoms with E-state index in [4.69, 9.17) is 10.5 Å². The number of amides is 2. The van der Waals surface area contributed by atoms with Gasteiger partial charge in [0.2, 0.25) is 5.91 Å². The zero-order valence-corrected chi connectivity index (χ0v) is 20.9. The summed E-state index contributed by atoms with van der Waals surface area (Å²) < 4.78 is 8.50. The molecule has 0 saturated carbocycles. The van der Waals surface area contributed by atoms with Gasteiger partial charge in [0.1, 0.15) is 10.6 Å². The average molecular weight is 487 g/mol. The predicted molar refractivity (Wildman–Crippen MR) is 136 cm³/mol. The van der Waals surface area contributed by atoms with Gasteiger partial charge in [-0.05, 0) is 81.1 Å². The maximum absolute atomic E-state index is 12.1. The minimum absolute atomic E-state index is 0.0176. The molecule has 3 aromatic rings. The van der Waals surface area contributed by atoms with E-state index in [1.165, 1.54) is 17.5 Å². The summed E-state index contributed by atoms with van der Waals surface area (Å²) in [5.41, 5.74) is 8.45. The van der Waals surface area contributed by atoms with Gasteiger partial charge in [-0.15, -0.1) is 11.3 Å². The molecule has 0 bridgehead atoms. The number of hydrogen-bond donors (Lipinski definition) is 3. The Morgan fingerprint density at radius 3 is 2.24 bits per heavy atom. The summed E-state index contributed by atoms with van der Waals surface area (Å²) in [5.74, 6) is 0.434. The van der Waals surface area contributed by atoms with E-state index < -0.39 is 5.91 Å². The largest absolute Gasteiger partial charge is 0.497 e. The number of aryl methyl sites for hydroxylation is 1. The SMILES string of the molecule is COc1ccc(CCC(=O)Nc2ccc(SNC(C)(C)C)cc2)cc1.NC(=O)c1cncs1. The molecule has 0 radical (unpaired) electrons. The Balaban J connectivity index is 0.000000405. The number of hydrogen-bond acceptors (Lipinski definition) is 7. The third-order valence-electron chi connectivity index (χ3n) is 4.09. The lowest BCUT2D eigenvalue weighted by Crippen LogP contribution is -2.29. The highest BCUT2D eigenvalue weighted by molar-refractivity contribution is 7.97. The van der Waals surface area contributed by atoms with Crippen LogP contribution in [0.3, 0.4) is 0 Å². The first-order chi connectivity index (χ1) is 15.7. The van der Waals surface area contributed by atoms with E-state index in [2.05, 4.69) is 35.8 Å². The highest BCUT2D eigenvalue weighted by Crippen LogP contribution is 2.20. The van der Waals surface area contributed by atoms with Gasteiger partial charge in [0, 0.05) is 22.5 Å². The molecule has 0 atom stereocenters. The molecule has 0 saturated heterocycles. The monoisotopic (exact) mass is 486 g/mol. The lowest BCUT2D eigenvalue weighted by Gasteiger charge is -2.19. The molecule has 2 aromatic carbocycles. The van der Waals surface area contributed by atoms with Crippen molar-refractivity contribution in [2.24, 2.45) is 5.73 Å². The van der Waals surface area contributed by atoms with E-state index in [-0.39, 0.29) is 11.4 Å². The third kappa shape index (κ3) is 10.5. The van der Waals surface area contributed by atoms with E-state index in [9.17, 15) is 9.59 Å². The molecular weight excluding hydrogens is 456 g/mol. The standard InChI is InChI=1S/C20H26N2O2S.C4H4N2OS/c1-20(2,3)22-25-18-12-8-16(9-13-18)21-19(23)14-7-15-5-10-17(24-4)11-6-15;5-4(7)3-1-6-2-8-3/h5-6,8-13,22H,7,14H2,1-4H3,(H,21,23);1-2H,(H2,5,7). The van der Waals surface area contributed by atoms with Gasteiger partial charge in [-0.1, -0.05) is 12.1 Å². The second-order valence-electron chi connectivity index (χ2n) is 8.10. The number of carbonyl (C=O) groups is 2. The quantitative estimate of drug-likeness (QED) is 0.391. The van der Waals surface area contributed by atoms with Crippen molar-refractivity contribution in [2.75, 3.05) is 12.4 Å². The van der Waals surface area contributed by atoms with Crippen LogP contribution in [0, 0.1) is 0 Å². The first kappa shape index (κ1) is 26.4. The van der Waals surface area contributed by atoms with Gasteiger partial charge < -0.3 is 15.8 Å². The van der Waals surface area contributed by atoms with Crippen molar-refractivity contribution in [2.45, 2.75) is 44.0 Å². The Kier molecular flexibility index (Phi) is 10.4. The lowest BCUT2D eigenvalue weighted by atomic mass is 10.1. The van der Waals surface area contributed by atoms with Crippen molar-refractivity contribution in [3.8, 4) is 5.75 Å². The maximum atomic E-state index is 12.1. The Morgan fingerprint density at radius 2 is 1.76 bits per heavy atom. The Bertz CT molecular complexity index is 1000. The van der Waals surface area contributed by atoms with Crippen molar-refractivity contribution in [1.29, 1.82) is 0 Å². The number of ether oxygens (including phenoxy) is 1. The minimum atomic E-state index is -0.410. The third-order valence-corrected chi connectivity index (χ3v) is 6.10. The van der Waals surface area contributed by atoms with Crippen molar-refractivity contribution in [3.05, 3.63) is 70.7 Å². The number of primary amides is 1. The number of nitrogens with one attached hydrogen (secondary N) is 2. The van der Waals surface area contributed by atoms with Crippen LogP contribution in [0.25, 0.3) is 0 Å². The summed E-state index contributed by atoms with van der Waals surface area (Å²) in [7, 11) is 1.64. The van der Waals surface area contributed by atoms with Crippen LogP contribution in [0.15, 0.2) is 65.1 Å². The van der Waals surface area contributed by atoms with E-state index in [1.54, 1.807) is 24.6 Å². The van der Waals surface area contributed by atoms with E-state index in [0.717, 1.165) is 21.9 Å². The van der Waals surface area contributed by atoms with Gasteiger partial charge in [0.05, 0.1) is 18.8 Å². The van der Waals surface area contributed by atoms with Gasteiger partial charge in [0.25, 0.3) is 5.91 Å². The molecule has 4 N–H and O–H groups in total. The molecule has 0 aliphatic heterocycles. The summed E-state index contributed by atoms with van der Waals surface area (Å²) >= 11 is 2.84. The molecule has 1 aromatic heterocycles. The number of anilines is 1. The van der Waals surface area contributed by atoms with Gasteiger partial charge in [-0.3, -0.25) is 19.3 Å². The number of nitrogens with two attached hydrogens (primary N) is 1. The fraction of sp³-hybridized carbons (Fsp3) is 0.292. The molecule has 3 rings (SSSR count). The molecule has 0 fully saturated rings. The Hall–Kier alpha value is -2.88. The number of methoxy groups -OCH3 is 1. The number of rotatable bonds is 8. The van der Waals surface area contributed by atoms with Crippen molar-refractivity contribution >= 4 is 40.8 Å². The van der Waals surface area contributed by atoms with Crippen LogP contribution in [0.5, 0.6) is 5.75 Å². The highest BCUT2D eigenvalue weighted by atomic mass is 32.2. The van der Waals surface area contributed by atoms with Crippen LogP contribution in [-0.4, -0.2) is 29.4 Å². The van der Waals surface area contributed by atoms with Crippen LogP contribution in [0.1, 0.15) is 42.4 Å². The van der Waals surface area contributed by atoms with Crippen LogP contribution in [-0.2, 0) is 11.2 Å². The fourth-order valence-corrected chi connectivity index (χ4v) is 3.60. The molecule has 9 heteroatoms. The van der Waals surface area contributed by atoms with Gasteiger partial charge in [0.15, 0.2) is 0 Å². The smallest absolute Gasteiger partial charge is 0.260 e. The fourth-order valence-electron chi connectivity index (χ4n) is 2.43. The van der Waals surface area contributed by atoms with Crippen molar-refractivity contribution < 1.29 is 14.3 Å². The summed E-state index contributed by atoms with van der Waals surface area (Å²) in [5, 5.41) is 2.94. The molecule has 2 amide bonds. The summed E-state index contributed by atoms with van der Waals surface area (Å²) in [6.07, 6.45) is 2.61. The first-order valence-corrected chi connectivity index (χ1v) is 12.0. The molecular formula is C24H30N4O3S2. The van der Waals surface area contributed by atoms with E-state index in [1.807, 2.05) is 48.5 Å². The molecule has 0 aliphatic rings. The zero-order valence-electron chi connectivity index (χ0n) is 19.3. The summed E-state index contributed by atoms with van der Waals surface area (Å²) in [6, 6.07) is 15.7. The van der Waals surface area contributed by atoms with Crippen LogP contribution in [0.4, 0.5) is 5.69 Å².